The van der Waals surface area contributed by atoms with Gasteiger partial charge in [0.05, 0.1) is 5.60 Å². The number of ketones is 1. The van der Waals surface area contributed by atoms with Crippen LogP contribution in [-0.2, 0) is 19.1 Å². The van der Waals surface area contributed by atoms with Crippen molar-refractivity contribution in [1.29, 1.82) is 0 Å². The number of Topliss-reactive ketones (excluding diaryl/α,β-unsaturated/α-hetero) is 1. The van der Waals surface area contributed by atoms with Gasteiger partial charge >= 0.3 is 0 Å². The summed E-state index contributed by atoms with van der Waals surface area (Å²) < 4.78 is 5.75. The molecule has 2 atom stereocenters. The molecule has 0 aromatic heterocycles. The van der Waals surface area contributed by atoms with Crippen molar-refractivity contribution < 1.29 is 34.4 Å². The summed E-state index contributed by atoms with van der Waals surface area (Å²) in [5.74, 6) is -0.217. The molecule has 2 amide bonds. The Morgan fingerprint density at radius 3 is 1.86 bits per heavy atom. The molecule has 36 heavy (non-hydrogen) atoms. The molecule has 9 nitrogen and oxygen atoms in total. The molecule has 5 N–H and O–H groups in total. The van der Waals surface area contributed by atoms with Gasteiger partial charge in [0.25, 0.3) is 0 Å². The van der Waals surface area contributed by atoms with Crippen molar-refractivity contribution >= 4 is 17.6 Å². The fourth-order valence-electron chi connectivity index (χ4n) is 3.30. The molecule has 0 aromatic rings. The van der Waals surface area contributed by atoms with E-state index in [2.05, 4.69) is 10.6 Å². The van der Waals surface area contributed by atoms with Gasteiger partial charge in [0.1, 0.15) is 11.6 Å². The van der Waals surface area contributed by atoms with Crippen LogP contribution in [0, 0.1) is 11.8 Å². The average molecular weight is 519 g/mol. The number of aliphatic hydroxyl groups excluding tert-OH is 2. The first-order chi connectivity index (χ1) is 16.5. The van der Waals surface area contributed by atoms with Crippen molar-refractivity contribution in [1.82, 2.24) is 10.6 Å². The first kappa shape index (κ1) is 36.6. The van der Waals surface area contributed by atoms with E-state index in [1.807, 2.05) is 34.6 Å². The monoisotopic (exact) mass is 518 g/mol. The lowest BCUT2D eigenvalue weighted by atomic mass is 9.94. The Morgan fingerprint density at radius 1 is 0.861 bits per heavy atom. The van der Waals surface area contributed by atoms with Gasteiger partial charge in [-0.05, 0) is 72.6 Å². The van der Waals surface area contributed by atoms with E-state index in [-0.39, 0.29) is 48.7 Å². The number of hydrogen-bond donors (Lipinski definition) is 5. The van der Waals surface area contributed by atoms with Crippen LogP contribution in [0.4, 0.5) is 0 Å². The summed E-state index contributed by atoms with van der Waals surface area (Å²) in [6.07, 6.45) is 3.10. The number of amides is 2. The van der Waals surface area contributed by atoms with Crippen molar-refractivity contribution in [3.63, 3.8) is 0 Å². The van der Waals surface area contributed by atoms with Crippen LogP contribution in [0.3, 0.4) is 0 Å². The third-order valence-corrected chi connectivity index (χ3v) is 5.39. The molecule has 0 radical (unpaired) electrons. The lowest BCUT2D eigenvalue weighted by Crippen LogP contribution is -2.49. The molecule has 214 valence electrons. The van der Waals surface area contributed by atoms with Crippen LogP contribution in [0.1, 0.15) is 101 Å². The van der Waals surface area contributed by atoms with Crippen molar-refractivity contribution in [3.05, 3.63) is 0 Å². The SMILES string of the molecule is CC(C)(O)CCO.CC(C)CC(=O)NC(CCCCO)C(=O)NC(C)CCOC(C)(C)C(=O)C(C)C. The summed E-state index contributed by atoms with van der Waals surface area (Å²) in [5, 5.41) is 31.8. The molecule has 0 bridgehead atoms. The quantitative estimate of drug-likeness (QED) is 0.186. The van der Waals surface area contributed by atoms with Crippen molar-refractivity contribution in [2.75, 3.05) is 19.8 Å². The Hall–Kier alpha value is -1.55. The largest absolute Gasteiger partial charge is 0.396 e. The van der Waals surface area contributed by atoms with Crippen LogP contribution in [-0.4, -0.2) is 76.0 Å². The number of unbranched alkanes of at least 4 members (excludes halogenated alkanes) is 1. The van der Waals surface area contributed by atoms with E-state index in [1.165, 1.54) is 0 Å². The van der Waals surface area contributed by atoms with Crippen LogP contribution in [0.15, 0.2) is 0 Å². The van der Waals surface area contributed by atoms with Gasteiger partial charge in [0.2, 0.25) is 11.8 Å². The second-order valence-corrected chi connectivity index (χ2v) is 11.3. The second-order valence-electron chi connectivity index (χ2n) is 11.3. The molecule has 0 aliphatic carbocycles. The minimum absolute atomic E-state index is 0.0472. The molecular weight excluding hydrogens is 464 g/mol. The van der Waals surface area contributed by atoms with Gasteiger partial charge in [-0.15, -0.1) is 0 Å². The highest BCUT2D eigenvalue weighted by Crippen LogP contribution is 2.17. The summed E-state index contributed by atoms with van der Waals surface area (Å²) in [6.45, 7) is 16.8. The van der Waals surface area contributed by atoms with Gasteiger partial charge in [-0.2, -0.15) is 0 Å². The Balaban J connectivity index is 0. The van der Waals surface area contributed by atoms with Crippen LogP contribution >= 0.6 is 0 Å². The zero-order valence-electron chi connectivity index (χ0n) is 24.1. The van der Waals surface area contributed by atoms with Gasteiger partial charge in [-0.3, -0.25) is 14.4 Å². The van der Waals surface area contributed by atoms with Crippen LogP contribution < -0.4 is 10.6 Å². The Labute approximate surface area is 218 Å². The molecule has 0 rings (SSSR count). The molecule has 0 saturated carbocycles. The van der Waals surface area contributed by atoms with Crippen molar-refractivity contribution in [2.24, 2.45) is 11.8 Å². The predicted molar refractivity (Wildman–Crippen MR) is 142 cm³/mol. The van der Waals surface area contributed by atoms with Gasteiger partial charge in [0.15, 0.2) is 5.78 Å². The third-order valence-electron chi connectivity index (χ3n) is 5.39. The molecule has 0 aromatic carbocycles. The maximum Gasteiger partial charge on any atom is 0.242 e. The van der Waals surface area contributed by atoms with Gasteiger partial charge < -0.3 is 30.7 Å². The molecule has 9 heteroatoms. The first-order valence-corrected chi connectivity index (χ1v) is 13.2. The third kappa shape index (κ3) is 19.6. The zero-order valence-corrected chi connectivity index (χ0v) is 24.1. The van der Waals surface area contributed by atoms with Gasteiger partial charge in [-0.1, -0.05) is 27.7 Å². The highest BCUT2D eigenvalue weighted by molar-refractivity contribution is 5.88. The average Bonchev–Trinajstić information content (AvgIpc) is 2.71. The predicted octanol–water partition coefficient (Wildman–Crippen LogP) is 2.73. The van der Waals surface area contributed by atoms with E-state index in [0.717, 1.165) is 0 Å². The molecule has 0 fully saturated rings. The number of rotatable bonds is 17. The van der Waals surface area contributed by atoms with Crippen LogP contribution in [0.2, 0.25) is 0 Å². The number of nitrogens with one attached hydrogen (secondary N) is 2. The molecule has 0 aliphatic rings. The fraction of sp³-hybridized carbons (Fsp3) is 0.889. The fourth-order valence-corrected chi connectivity index (χ4v) is 3.30. The van der Waals surface area contributed by atoms with Crippen LogP contribution in [0.25, 0.3) is 0 Å². The van der Waals surface area contributed by atoms with Crippen molar-refractivity contribution in [2.45, 2.75) is 124 Å². The van der Waals surface area contributed by atoms with Crippen LogP contribution in [0.5, 0.6) is 0 Å². The van der Waals surface area contributed by atoms with E-state index in [9.17, 15) is 14.4 Å². The molecule has 0 spiro atoms. The van der Waals surface area contributed by atoms with Gasteiger partial charge in [-0.25, -0.2) is 0 Å². The molecule has 0 heterocycles. The molecule has 2 unspecified atom stereocenters. The van der Waals surface area contributed by atoms with E-state index in [4.69, 9.17) is 20.1 Å². The first-order valence-electron chi connectivity index (χ1n) is 13.2. The maximum absolute atomic E-state index is 12.6. The lowest BCUT2D eigenvalue weighted by molar-refractivity contribution is -0.144. The number of ether oxygens (including phenoxy) is 1. The Morgan fingerprint density at radius 2 is 1.44 bits per heavy atom. The number of hydrogen-bond acceptors (Lipinski definition) is 7. The topological polar surface area (TPSA) is 145 Å². The summed E-state index contributed by atoms with van der Waals surface area (Å²) in [4.78, 5) is 36.9. The highest BCUT2D eigenvalue weighted by atomic mass is 16.5. The minimum atomic E-state index is -0.852. The highest BCUT2D eigenvalue weighted by Gasteiger charge is 2.30. The van der Waals surface area contributed by atoms with Gasteiger partial charge in [0, 0.05) is 38.2 Å². The normalized spacial score (nSPS) is 13.6. The smallest absolute Gasteiger partial charge is 0.242 e. The standard InChI is InChI=1S/C22H42N2O5.C5H12O2/c1-15(2)14-19(26)24-18(10-8-9-12-25)21(28)23-17(5)11-13-29-22(6,7)20(27)16(3)4;1-5(2,7)3-4-6/h15-18,25H,8-14H2,1-7H3,(H,23,28)(H,24,26);6-7H,3-4H2,1-2H3. The molecule has 0 aliphatic heterocycles. The van der Waals surface area contributed by atoms with Crippen molar-refractivity contribution in [3.8, 4) is 0 Å². The maximum atomic E-state index is 12.6. The van der Waals surface area contributed by atoms with E-state index >= 15 is 0 Å². The second kappa shape index (κ2) is 18.7. The summed E-state index contributed by atoms with van der Waals surface area (Å²) in [7, 11) is 0. The minimum Gasteiger partial charge on any atom is -0.396 e. The Bertz CT molecular complexity index is 628. The lowest BCUT2D eigenvalue weighted by Gasteiger charge is -2.27. The van der Waals surface area contributed by atoms with E-state index < -0.39 is 17.2 Å². The molecular formula is C27H54N2O7. The summed E-state index contributed by atoms with van der Waals surface area (Å²) in [6, 6.07) is -0.773. The van der Waals surface area contributed by atoms with E-state index in [1.54, 1.807) is 27.7 Å². The Kier molecular flexibility index (Phi) is 19.0. The summed E-state index contributed by atoms with van der Waals surface area (Å²) >= 11 is 0. The number of carbonyl (C=O) groups is 3. The number of aliphatic hydroxyl groups is 3. The van der Waals surface area contributed by atoms with E-state index in [0.29, 0.717) is 45.1 Å². The molecule has 0 saturated heterocycles. The zero-order chi connectivity index (χ0) is 28.5. The number of carbonyl (C=O) groups excluding carboxylic acids is 3. The summed E-state index contributed by atoms with van der Waals surface area (Å²) in [5.41, 5.74) is -1.55.